The van der Waals surface area contributed by atoms with Crippen molar-refractivity contribution < 1.29 is 9.53 Å². The summed E-state index contributed by atoms with van der Waals surface area (Å²) in [4.78, 5) is 15.6. The fourth-order valence-electron chi connectivity index (χ4n) is 2.33. The van der Waals surface area contributed by atoms with Gasteiger partial charge in [0.2, 0.25) is 5.91 Å². The molecule has 1 aromatic carbocycles. The summed E-state index contributed by atoms with van der Waals surface area (Å²) in [7, 11) is 1.72. The first-order chi connectivity index (χ1) is 10.2. The standard InChI is InChI=1S/C15H16N4O2/c1-18(11-14(20)19-5-7-21-8-6-19)15-12(9-16)3-2-4-13(15)10-17/h2-4H,5-8,11H2,1H3. The van der Waals surface area contributed by atoms with Gasteiger partial charge in [-0.05, 0) is 12.1 Å². The molecule has 0 radical (unpaired) electrons. The molecule has 1 aromatic rings. The third kappa shape index (κ3) is 3.31. The highest BCUT2D eigenvalue weighted by Gasteiger charge is 2.20. The van der Waals surface area contributed by atoms with E-state index in [4.69, 9.17) is 4.74 Å². The van der Waals surface area contributed by atoms with Crippen LogP contribution in [0.3, 0.4) is 0 Å². The van der Waals surface area contributed by atoms with E-state index in [0.29, 0.717) is 43.1 Å². The molecule has 6 nitrogen and oxygen atoms in total. The number of rotatable bonds is 3. The molecule has 6 heteroatoms. The molecule has 1 fully saturated rings. The Labute approximate surface area is 123 Å². The molecular formula is C15H16N4O2. The van der Waals surface area contributed by atoms with Crippen LogP contribution in [0.25, 0.3) is 0 Å². The van der Waals surface area contributed by atoms with Gasteiger partial charge in [-0.3, -0.25) is 4.79 Å². The van der Waals surface area contributed by atoms with Crippen molar-refractivity contribution in [2.24, 2.45) is 0 Å². The number of nitrogens with zero attached hydrogens (tertiary/aromatic N) is 4. The minimum atomic E-state index is -0.0302. The van der Waals surface area contributed by atoms with Crippen molar-refractivity contribution in [3.05, 3.63) is 29.3 Å². The highest BCUT2D eigenvalue weighted by molar-refractivity contribution is 5.83. The third-order valence-corrected chi connectivity index (χ3v) is 3.39. The molecule has 0 aliphatic carbocycles. The summed E-state index contributed by atoms with van der Waals surface area (Å²) in [6.07, 6.45) is 0. The predicted molar refractivity (Wildman–Crippen MR) is 76.5 cm³/mol. The number of carbonyl (C=O) groups is 1. The van der Waals surface area contributed by atoms with Crippen molar-refractivity contribution in [3.8, 4) is 12.1 Å². The van der Waals surface area contributed by atoms with Gasteiger partial charge in [0.15, 0.2) is 0 Å². The molecule has 1 aliphatic rings. The lowest BCUT2D eigenvalue weighted by molar-refractivity contribution is -0.133. The van der Waals surface area contributed by atoms with E-state index in [1.807, 2.05) is 0 Å². The Bertz CT molecular complexity index is 577. The van der Waals surface area contributed by atoms with E-state index in [9.17, 15) is 15.3 Å². The first kappa shape index (κ1) is 14.8. The van der Waals surface area contributed by atoms with Gasteiger partial charge in [0.1, 0.15) is 12.1 Å². The lowest BCUT2D eigenvalue weighted by Crippen LogP contribution is -2.45. The van der Waals surface area contributed by atoms with Crippen LogP contribution in [0.4, 0.5) is 5.69 Å². The van der Waals surface area contributed by atoms with E-state index in [2.05, 4.69) is 12.1 Å². The number of para-hydroxylation sites is 1. The molecule has 1 heterocycles. The zero-order valence-corrected chi connectivity index (χ0v) is 11.9. The van der Waals surface area contributed by atoms with Crippen molar-refractivity contribution in [2.75, 3.05) is 44.8 Å². The number of hydrogen-bond acceptors (Lipinski definition) is 5. The van der Waals surface area contributed by atoms with Crippen LogP contribution in [0.15, 0.2) is 18.2 Å². The number of amides is 1. The molecule has 0 atom stereocenters. The molecule has 1 aliphatic heterocycles. The monoisotopic (exact) mass is 284 g/mol. The largest absolute Gasteiger partial charge is 0.378 e. The molecule has 1 saturated heterocycles. The number of hydrogen-bond donors (Lipinski definition) is 0. The average molecular weight is 284 g/mol. The van der Waals surface area contributed by atoms with E-state index in [-0.39, 0.29) is 12.5 Å². The Morgan fingerprint density at radius 3 is 2.38 bits per heavy atom. The summed E-state index contributed by atoms with van der Waals surface area (Å²) in [5.74, 6) is -0.0302. The number of likely N-dealkylation sites (N-methyl/N-ethyl adjacent to an activating group) is 1. The summed E-state index contributed by atoms with van der Waals surface area (Å²) in [6, 6.07) is 9.09. The van der Waals surface area contributed by atoms with Crippen LogP contribution in [0, 0.1) is 22.7 Å². The maximum absolute atomic E-state index is 12.2. The zero-order chi connectivity index (χ0) is 15.2. The summed E-state index contributed by atoms with van der Waals surface area (Å²) in [6.45, 7) is 2.39. The summed E-state index contributed by atoms with van der Waals surface area (Å²) in [5.41, 5.74) is 1.29. The van der Waals surface area contributed by atoms with Crippen molar-refractivity contribution in [2.45, 2.75) is 0 Å². The number of morpholine rings is 1. The second kappa shape index (κ2) is 6.74. The van der Waals surface area contributed by atoms with E-state index in [1.165, 1.54) is 0 Å². The third-order valence-electron chi connectivity index (χ3n) is 3.39. The topological polar surface area (TPSA) is 80.4 Å². The Morgan fingerprint density at radius 1 is 1.29 bits per heavy atom. The van der Waals surface area contributed by atoms with Gasteiger partial charge in [0, 0.05) is 20.1 Å². The number of ether oxygens (including phenoxy) is 1. The lowest BCUT2D eigenvalue weighted by atomic mass is 10.1. The SMILES string of the molecule is CN(CC(=O)N1CCOCC1)c1c(C#N)cccc1C#N. The first-order valence-corrected chi connectivity index (χ1v) is 6.67. The predicted octanol–water partition coefficient (Wildman–Crippen LogP) is 0.725. The normalized spacial score (nSPS) is 14.1. The van der Waals surface area contributed by atoms with Gasteiger partial charge >= 0.3 is 0 Å². The number of carbonyl (C=O) groups excluding carboxylic acids is 1. The molecule has 0 unspecified atom stereocenters. The second-order valence-electron chi connectivity index (χ2n) is 4.77. The Morgan fingerprint density at radius 2 is 1.86 bits per heavy atom. The van der Waals surface area contributed by atoms with Crippen LogP contribution in [0.1, 0.15) is 11.1 Å². The van der Waals surface area contributed by atoms with E-state index < -0.39 is 0 Å². The van der Waals surface area contributed by atoms with Crippen LogP contribution in [0.2, 0.25) is 0 Å². The molecule has 1 amide bonds. The highest BCUT2D eigenvalue weighted by Crippen LogP contribution is 2.23. The Kier molecular flexibility index (Phi) is 4.76. The fraction of sp³-hybridized carbons (Fsp3) is 0.400. The molecule has 21 heavy (non-hydrogen) atoms. The summed E-state index contributed by atoms with van der Waals surface area (Å²) in [5, 5.41) is 18.3. The second-order valence-corrected chi connectivity index (χ2v) is 4.77. The van der Waals surface area contributed by atoms with E-state index in [1.54, 1.807) is 35.0 Å². The minimum Gasteiger partial charge on any atom is -0.378 e. The average Bonchev–Trinajstić information content (AvgIpc) is 2.54. The molecular weight excluding hydrogens is 268 g/mol. The first-order valence-electron chi connectivity index (χ1n) is 6.67. The smallest absolute Gasteiger partial charge is 0.242 e. The number of anilines is 1. The summed E-state index contributed by atoms with van der Waals surface area (Å²) >= 11 is 0. The maximum atomic E-state index is 12.2. The molecule has 0 bridgehead atoms. The van der Waals surface area contributed by atoms with Crippen LogP contribution in [-0.2, 0) is 9.53 Å². The zero-order valence-electron chi connectivity index (χ0n) is 11.9. The lowest BCUT2D eigenvalue weighted by Gasteiger charge is -2.29. The van der Waals surface area contributed by atoms with E-state index in [0.717, 1.165) is 0 Å². The highest BCUT2D eigenvalue weighted by atomic mass is 16.5. The van der Waals surface area contributed by atoms with Crippen molar-refractivity contribution in [1.29, 1.82) is 10.5 Å². The van der Waals surface area contributed by atoms with Crippen LogP contribution >= 0.6 is 0 Å². The quantitative estimate of drug-likeness (QED) is 0.817. The van der Waals surface area contributed by atoms with Gasteiger partial charge in [-0.1, -0.05) is 6.07 Å². The van der Waals surface area contributed by atoms with Gasteiger partial charge in [0.25, 0.3) is 0 Å². The van der Waals surface area contributed by atoms with Crippen molar-refractivity contribution in [1.82, 2.24) is 4.90 Å². The molecule has 0 aromatic heterocycles. The Balaban J connectivity index is 2.17. The van der Waals surface area contributed by atoms with E-state index >= 15 is 0 Å². The fourth-order valence-corrected chi connectivity index (χ4v) is 2.33. The molecule has 0 N–H and O–H groups in total. The van der Waals surface area contributed by atoms with Crippen molar-refractivity contribution >= 4 is 11.6 Å². The van der Waals surface area contributed by atoms with Crippen LogP contribution in [0.5, 0.6) is 0 Å². The van der Waals surface area contributed by atoms with Gasteiger partial charge < -0.3 is 14.5 Å². The summed E-state index contributed by atoms with van der Waals surface area (Å²) < 4.78 is 5.22. The molecule has 0 spiro atoms. The van der Waals surface area contributed by atoms with Gasteiger partial charge in [-0.15, -0.1) is 0 Å². The van der Waals surface area contributed by atoms with Crippen LogP contribution in [-0.4, -0.2) is 50.7 Å². The maximum Gasteiger partial charge on any atom is 0.242 e. The van der Waals surface area contributed by atoms with Crippen LogP contribution < -0.4 is 4.90 Å². The number of nitriles is 2. The molecule has 108 valence electrons. The van der Waals surface area contributed by atoms with Crippen molar-refractivity contribution in [3.63, 3.8) is 0 Å². The molecule has 2 rings (SSSR count). The number of benzene rings is 1. The van der Waals surface area contributed by atoms with Gasteiger partial charge in [0.05, 0.1) is 36.6 Å². The Hall–Kier alpha value is -2.57. The van der Waals surface area contributed by atoms with Gasteiger partial charge in [-0.2, -0.15) is 10.5 Å². The minimum absolute atomic E-state index is 0.0302. The van der Waals surface area contributed by atoms with Gasteiger partial charge in [-0.25, -0.2) is 0 Å². The molecule has 0 saturated carbocycles.